The number of hydrogen-bond donors (Lipinski definition) is 2. The minimum absolute atomic E-state index is 0.0814. The molecule has 2 rings (SSSR count). The zero-order valence-electron chi connectivity index (χ0n) is 16.7. The van der Waals surface area contributed by atoms with Gasteiger partial charge < -0.3 is 0 Å². The lowest BCUT2D eigenvalue weighted by Crippen LogP contribution is -2.17. The fourth-order valence-electron chi connectivity index (χ4n) is 3.07. The number of hydrogen-bond acceptors (Lipinski definition) is 3. The first-order chi connectivity index (χ1) is 13.7. The van der Waals surface area contributed by atoms with Crippen LogP contribution in [-0.2, 0) is 4.79 Å². The van der Waals surface area contributed by atoms with Gasteiger partial charge in [-0.2, -0.15) is 10.2 Å². The molecule has 1 heterocycles. The number of benzene rings is 1. The number of rotatable bonds is 13. The number of hydrazone groups is 1. The third-order valence-corrected chi connectivity index (χ3v) is 4.71. The molecule has 0 aliphatic carbocycles. The van der Waals surface area contributed by atoms with Gasteiger partial charge in [-0.25, -0.2) is 9.82 Å². The van der Waals surface area contributed by atoms with Crippen molar-refractivity contribution in [3.05, 3.63) is 42.0 Å². The van der Waals surface area contributed by atoms with E-state index >= 15 is 0 Å². The molecule has 2 N–H and O–H groups in total. The Morgan fingerprint density at radius 2 is 1.71 bits per heavy atom. The molecule has 0 atom stereocenters. The lowest BCUT2D eigenvalue weighted by atomic mass is 10.1. The van der Waals surface area contributed by atoms with Crippen molar-refractivity contribution >= 4 is 12.1 Å². The maximum absolute atomic E-state index is 13.1. The summed E-state index contributed by atoms with van der Waals surface area (Å²) in [6, 6.07) is 6.16. The highest BCUT2D eigenvalue weighted by Gasteiger charge is 2.06. The van der Waals surface area contributed by atoms with Gasteiger partial charge in [0.1, 0.15) is 5.82 Å². The summed E-state index contributed by atoms with van der Waals surface area (Å²) >= 11 is 0. The number of aromatic amines is 1. The number of amides is 1. The molecule has 0 fully saturated rings. The molecule has 152 valence electrons. The molecule has 0 aliphatic heterocycles. The summed E-state index contributed by atoms with van der Waals surface area (Å²) < 4.78 is 13.1. The van der Waals surface area contributed by atoms with Crippen LogP contribution in [0.3, 0.4) is 0 Å². The van der Waals surface area contributed by atoms with Crippen molar-refractivity contribution in [3.8, 4) is 11.1 Å². The number of carbonyl (C=O) groups is 1. The van der Waals surface area contributed by atoms with E-state index in [9.17, 15) is 9.18 Å². The fraction of sp³-hybridized carbons (Fsp3) is 0.500. The minimum atomic E-state index is -0.286. The first kappa shape index (κ1) is 21.8. The molecule has 0 unspecified atom stereocenters. The highest BCUT2D eigenvalue weighted by atomic mass is 19.1. The molecule has 0 saturated heterocycles. The van der Waals surface area contributed by atoms with Gasteiger partial charge in [-0.05, 0) is 24.1 Å². The Morgan fingerprint density at radius 3 is 2.39 bits per heavy atom. The van der Waals surface area contributed by atoms with E-state index in [0.717, 1.165) is 24.0 Å². The second kappa shape index (κ2) is 12.8. The van der Waals surface area contributed by atoms with E-state index in [1.807, 2.05) is 0 Å². The monoisotopic (exact) mass is 386 g/mol. The molecular weight excluding hydrogens is 355 g/mol. The molecule has 0 aliphatic rings. The van der Waals surface area contributed by atoms with E-state index < -0.39 is 0 Å². The van der Waals surface area contributed by atoms with Crippen LogP contribution < -0.4 is 5.43 Å². The maximum atomic E-state index is 13.1. The molecule has 28 heavy (non-hydrogen) atoms. The number of nitrogens with zero attached hydrogens (tertiary/aromatic N) is 2. The van der Waals surface area contributed by atoms with Crippen LogP contribution in [0.5, 0.6) is 0 Å². The number of nitrogens with one attached hydrogen (secondary N) is 2. The minimum Gasteiger partial charge on any atom is -0.276 e. The quantitative estimate of drug-likeness (QED) is 0.268. The molecule has 1 amide bonds. The van der Waals surface area contributed by atoms with Gasteiger partial charge in [0.2, 0.25) is 5.91 Å². The molecule has 5 nitrogen and oxygen atoms in total. The highest BCUT2D eigenvalue weighted by Crippen LogP contribution is 2.21. The van der Waals surface area contributed by atoms with E-state index in [2.05, 4.69) is 27.6 Å². The Morgan fingerprint density at radius 1 is 1.07 bits per heavy atom. The molecule has 0 spiro atoms. The lowest BCUT2D eigenvalue weighted by molar-refractivity contribution is -0.121. The fourth-order valence-corrected chi connectivity index (χ4v) is 3.07. The first-order valence-corrected chi connectivity index (χ1v) is 10.3. The Labute approximate surface area is 166 Å². The summed E-state index contributed by atoms with van der Waals surface area (Å²) in [7, 11) is 0. The lowest BCUT2D eigenvalue weighted by Gasteiger charge is -2.02. The van der Waals surface area contributed by atoms with E-state index in [0.29, 0.717) is 12.1 Å². The van der Waals surface area contributed by atoms with Gasteiger partial charge in [0.25, 0.3) is 0 Å². The van der Waals surface area contributed by atoms with Crippen molar-refractivity contribution in [3.63, 3.8) is 0 Å². The molecule has 1 aromatic carbocycles. The van der Waals surface area contributed by atoms with Crippen molar-refractivity contribution in [1.29, 1.82) is 0 Å². The zero-order chi connectivity index (χ0) is 20.0. The SMILES string of the molecule is CCCCCCCCCCCC(=O)N/N=C\c1[nH]ncc1-c1ccc(F)cc1. The predicted molar refractivity (Wildman–Crippen MR) is 112 cm³/mol. The van der Waals surface area contributed by atoms with Gasteiger partial charge in [0.05, 0.1) is 18.1 Å². The normalized spacial score (nSPS) is 11.2. The van der Waals surface area contributed by atoms with Crippen molar-refractivity contribution < 1.29 is 9.18 Å². The third kappa shape index (κ3) is 8.03. The molecule has 2 aromatic rings. The van der Waals surface area contributed by atoms with E-state index in [1.165, 1.54) is 63.3 Å². The Hall–Kier alpha value is -2.50. The summed E-state index contributed by atoms with van der Waals surface area (Å²) in [6.45, 7) is 2.23. The summed E-state index contributed by atoms with van der Waals surface area (Å²) in [5.74, 6) is -0.367. The summed E-state index contributed by atoms with van der Waals surface area (Å²) in [5, 5.41) is 10.8. The van der Waals surface area contributed by atoms with Gasteiger partial charge in [-0.1, -0.05) is 70.4 Å². The molecule has 1 aromatic heterocycles. The average molecular weight is 387 g/mol. The first-order valence-electron chi connectivity index (χ1n) is 10.3. The van der Waals surface area contributed by atoms with Crippen molar-refractivity contribution in [2.24, 2.45) is 5.10 Å². The van der Waals surface area contributed by atoms with Crippen LogP contribution in [0.2, 0.25) is 0 Å². The smallest absolute Gasteiger partial charge is 0.240 e. The van der Waals surface area contributed by atoms with Gasteiger partial charge in [0.15, 0.2) is 0 Å². The van der Waals surface area contributed by atoms with Gasteiger partial charge in [-0.15, -0.1) is 0 Å². The highest BCUT2D eigenvalue weighted by molar-refractivity contribution is 5.88. The number of H-pyrrole nitrogens is 1. The number of aromatic nitrogens is 2. The number of carbonyl (C=O) groups excluding carboxylic acids is 1. The van der Waals surface area contributed by atoms with Gasteiger partial charge in [-0.3, -0.25) is 9.89 Å². The van der Waals surface area contributed by atoms with Crippen LogP contribution in [0, 0.1) is 5.82 Å². The molecule has 6 heteroatoms. The third-order valence-electron chi connectivity index (χ3n) is 4.71. The van der Waals surface area contributed by atoms with E-state index in [1.54, 1.807) is 18.3 Å². The number of unbranched alkanes of at least 4 members (excludes halogenated alkanes) is 8. The predicted octanol–water partition coefficient (Wildman–Crippen LogP) is 5.59. The molecule has 0 radical (unpaired) electrons. The van der Waals surface area contributed by atoms with Gasteiger partial charge >= 0.3 is 0 Å². The average Bonchev–Trinajstić information content (AvgIpc) is 3.16. The molecule has 0 bridgehead atoms. The van der Waals surface area contributed by atoms with Crippen LogP contribution in [0.25, 0.3) is 11.1 Å². The largest absolute Gasteiger partial charge is 0.276 e. The van der Waals surface area contributed by atoms with Crippen molar-refractivity contribution in [1.82, 2.24) is 15.6 Å². The van der Waals surface area contributed by atoms with Crippen molar-refractivity contribution in [2.45, 2.75) is 71.1 Å². The summed E-state index contributed by atoms with van der Waals surface area (Å²) in [4.78, 5) is 11.9. The van der Waals surface area contributed by atoms with Crippen molar-refractivity contribution in [2.75, 3.05) is 0 Å². The van der Waals surface area contributed by atoms with Crippen LogP contribution in [0.4, 0.5) is 4.39 Å². The second-order valence-corrected chi connectivity index (χ2v) is 7.08. The van der Waals surface area contributed by atoms with Crippen LogP contribution >= 0.6 is 0 Å². The maximum Gasteiger partial charge on any atom is 0.240 e. The summed E-state index contributed by atoms with van der Waals surface area (Å²) in [6.07, 6.45) is 14.7. The summed E-state index contributed by atoms with van der Waals surface area (Å²) in [5.41, 5.74) is 4.85. The van der Waals surface area contributed by atoms with Crippen LogP contribution in [0.15, 0.2) is 35.6 Å². The zero-order valence-corrected chi connectivity index (χ0v) is 16.7. The molecule has 0 saturated carbocycles. The van der Waals surface area contributed by atoms with Crippen LogP contribution in [0.1, 0.15) is 76.8 Å². The second-order valence-electron chi connectivity index (χ2n) is 7.08. The standard InChI is InChI=1S/C22H31FN4O/c1-2-3-4-5-6-7-8-9-10-11-22(28)27-25-17-21-20(16-24-26-21)18-12-14-19(23)15-13-18/h12-17H,2-11H2,1H3,(H,24,26)(H,27,28)/b25-17-. The molecular formula is C22H31FN4O. The van der Waals surface area contributed by atoms with E-state index in [4.69, 9.17) is 0 Å². The van der Waals surface area contributed by atoms with Gasteiger partial charge in [0, 0.05) is 12.0 Å². The topological polar surface area (TPSA) is 70.1 Å². The van der Waals surface area contributed by atoms with E-state index in [-0.39, 0.29) is 11.7 Å². The number of halogens is 1. The Kier molecular flexibility index (Phi) is 9.97. The Bertz CT molecular complexity index is 724. The Balaban J connectivity index is 1.63. The van der Waals surface area contributed by atoms with Crippen LogP contribution in [-0.4, -0.2) is 22.3 Å².